The van der Waals surface area contributed by atoms with Crippen LogP contribution in [0.5, 0.6) is 0 Å². The molecule has 0 bridgehead atoms. The maximum atomic E-state index is 8.73. The van der Waals surface area contributed by atoms with Crippen molar-refractivity contribution < 1.29 is 0 Å². The molecule has 1 aliphatic carbocycles. The van der Waals surface area contributed by atoms with Crippen LogP contribution in [0.3, 0.4) is 0 Å². The van der Waals surface area contributed by atoms with Crippen LogP contribution >= 0.6 is 11.8 Å². The molecule has 2 rings (SSSR count). The highest BCUT2D eigenvalue weighted by atomic mass is 32.2. The number of hydrogen-bond acceptors (Lipinski definition) is 5. The molecule has 5 heteroatoms. The first kappa shape index (κ1) is 14.9. The molecule has 106 valence electrons. The van der Waals surface area contributed by atoms with Crippen LogP contribution < -0.4 is 4.90 Å². The molecule has 1 aliphatic rings. The smallest absolute Gasteiger partial charge is 0.189 e. The SMILES string of the molecule is CCN(c1nc(SC)ncc1C=CC#N)C1CCCC1. The Kier molecular flexibility index (Phi) is 5.42. The van der Waals surface area contributed by atoms with E-state index in [-0.39, 0.29) is 0 Å². The number of nitriles is 1. The van der Waals surface area contributed by atoms with Gasteiger partial charge in [-0.1, -0.05) is 24.6 Å². The molecule has 0 radical (unpaired) electrons. The lowest BCUT2D eigenvalue weighted by Crippen LogP contribution is -2.34. The Morgan fingerprint density at radius 2 is 2.25 bits per heavy atom. The van der Waals surface area contributed by atoms with Crippen molar-refractivity contribution in [1.29, 1.82) is 5.26 Å². The summed E-state index contributed by atoms with van der Waals surface area (Å²) < 4.78 is 0. The number of nitrogens with zero attached hydrogens (tertiary/aromatic N) is 4. The predicted molar refractivity (Wildman–Crippen MR) is 83.7 cm³/mol. The Labute approximate surface area is 124 Å². The molecule has 0 spiro atoms. The molecule has 20 heavy (non-hydrogen) atoms. The minimum atomic E-state index is 0.568. The van der Waals surface area contributed by atoms with Crippen molar-refractivity contribution >= 4 is 23.7 Å². The summed E-state index contributed by atoms with van der Waals surface area (Å²) in [5.74, 6) is 0.963. The van der Waals surface area contributed by atoms with Gasteiger partial charge in [0, 0.05) is 30.4 Å². The summed E-state index contributed by atoms with van der Waals surface area (Å²) in [6.07, 6.45) is 12.1. The largest absolute Gasteiger partial charge is 0.353 e. The van der Waals surface area contributed by atoms with Crippen molar-refractivity contribution in [3.05, 3.63) is 17.8 Å². The van der Waals surface area contributed by atoms with Crippen molar-refractivity contribution in [2.45, 2.75) is 43.8 Å². The fourth-order valence-electron chi connectivity index (χ4n) is 2.74. The number of hydrogen-bond donors (Lipinski definition) is 0. The van der Waals surface area contributed by atoms with Gasteiger partial charge in [0.1, 0.15) is 5.82 Å². The molecule has 1 saturated carbocycles. The first-order valence-electron chi connectivity index (χ1n) is 7.04. The lowest BCUT2D eigenvalue weighted by Gasteiger charge is -2.30. The standard InChI is InChI=1S/C15H20N4S/c1-3-19(13-8-4-5-9-13)14-12(7-6-10-16)11-17-15(18-14)20-2/h6-7,11,13H,3-5,8-9H2,1-2H3. The minimum absolute atomic E-state index is 0.568. The maximum Gasteiger partial charge on any atom is 0.189 e. The molecule has 0 aromatic carbocycles. The molecule has 0 amide bonds. The summed E-state index contributed by atoms with van der Waals surface area (Å²) in [6, 6.07) is 2.61. The molecule has 4 nitrogen and oxygen atoms in total. The number of allylic oxidation sites excluding steroid dienone is 1. The average Bonchev–Trinajstić information content (AvgIpc) is 3.00. The molecule has 0 N–H and O–H groups in total. The molecule has 0 atom stereocenters. The lowest BCUT2D eigenvalue weighted by atomic mass is 10.2. The van der Waals surface area contributed by atoms with E-state index >= 15 is 0 Å². The molecule has 1 aromatic heterocycles. The zero-order valence-electron chi connectivity index (χ0n) is 12.0. The van der Waals surface area contributed by atoms with Crippen molar-refractivity contribution in [3.8, 4) is 6.07 Å². The Morgan fingerprint density at radius 3 is 2.85 bits per heavy atom. The molecule has 0 aliphatic heterocycles. The fraction of sp³-hybridized carbons (Fsp3) is 0.533. The van der Waals surface area contributed by atoms with E-state index < -0.39 is 0 Å². The summed E-state index contributed by atoms with van der Waals surface area (Å²) in [6.45, 7) is 3.10. The van der Waals surface area contributed by atoms with E-state index in [1.54, 1.807) is 17.8 Å². The minimum Gasteiger partial charge on any atom is -0.353 e. The second kappa shape index (κ2) is 7.30. The topological polar surface area (TPSA) is 52.8 Å². The Balaban J connectivity index is 2.39. The van der Waals surface area contributed by atoms with E-state index in [2.05, 4.69) is 21.8 Å². The van der Waals surface area contributed by atoms with Crippen LogP contribution in [0.4, 0.5) is 5.82 Å². The second-order valence-corrected chi connectivity index (χ2v) is 5.60. The normalized spacial score (nSPS) is 15.7. The van der Waals surface area contributed by atoms with E-state index in [1.165, 1.54) is 31.8 Å². The monoisotopic (exact) mass is 288 g/mol. The second-order valence-electron chi connectivity index (χ2n) is 4.82. The summed E-state index contributed by atoms with van der Waals surface area (Å²) in [7, 11) is 0. The maximum absolute atomic E-state index is 8.73. The van der Waals surface area contributed by atoms with Crippen LogP contribution in [0, 0.1) is 11.3 Å². The Hall–Kier alpha value is -1.54. The summed E-state index contributed by atoms with van der Waals surface area (Å²) in [5.41, 5.74) is 0.929. The quantitative estimate of drug-likeness (QED) is 0.471. The van der Waals surface area contributed by atoms with Crippen LogP contribution in [0.1, 0.15) is 38.2 Å². The summed E-state index contributed by atoms with van der Waals surface area (Å²) >= 11 is 1.55. The Bertz CT molecular complexity index is 515. The van der Waals surface area contributed by atoms with Crippen LogP contribution in [0.2, 0.25) is 0 Å². The van der Waals surface area contributed by atoms with Crippen molar-refractivity contribution in [2.75, 3.05) is 17.7 Å². The van der Waals surface area contributed by atoms with Crippen molar-refractivity contribution in [2.24, 2.45) is 0 Å². The molecule has 1 fully saturated rings. The van der Waals surface area contributed by atoms with Gasteiger partial charge < -0.3 is 4.90 Å². The number of rotatable bonds is 5. The highest BCUT2D eigenvalue weighted by Gasteiger charge is 2.24. The number of aromatic nitrogens is 2. The van der Waals surface area contributed by atoms with Crippen LogP contribution in [-0.2, 0) is 0 Å². The van der Waals surface area contributed by atoms with Crippen LogP contribution in [0.15, 0.2) is 17.4 Å². The van der Waals surface area contributed by atoms with Gasteiger partial charge in [0.25, 0.3) is 0 Å². The third kappa shape index (κ3) is 3.31. The van der Waals surface area contributed by atoms with Crippen LogP contribution in [-0.4, -0.2) is 28.8 Å². The third-order valence-corrected chi connectivity index (χ3v) is 4.23. The lowest BCUT2D eigenvalue weighted by molar-refractivity contribution is 0.608. The van der Waals surface area contributed by atoms with E-state index in [4.69, 9.17) is 5.26 Å². The predicted octanol–water partition coefficient (Wildman–Crippen LogP) is 3.50. The van der Waals surface area contributed by atoms with Gasteiger partial charge in [-0.25, -0.2) is 9.97 Å². The van der Waals surface area contributed by atoms with Crippen molar-refractivity contribution in [3.63, 3.8) is 0 Å². The molecule has 1 heterocycles. The summed E-state index contributed by atoms with van der Waals surface area (Å²) in [5, 5.41) is 9.51. The number of anilines is 1. The molecular formula is C15H20N4S. The molecule has 1 aromatic rings. The van der Waals surface area contributed by atoms with Crippen LogP contribution in [0.25, 0.3) is 6.08 Å². The zero-order valence-corrected chi connectivity index (χ0v) is 12.9. The molecule has 0 saturated heterocycles. The highest BCUT2D eigenvalue weighted by Crippen LogP contribution is 2.30. The van der Waals surface area contributed by atoms with Crippen molar-refractivity contribution in [1.82, 2.24) is 9.97 Å². The van der Waals surface area contributed by atoms with Gasteiger partial charge in [-0.3, -0.25) is 0 Å². The molecule has 0 unspecified atom stereocenters. The fourth-order valence-corrected chi connectivity index (χ4v) is 3.07. The first-order chi connectivity index (χ1) is 9.80. The Morgan fingerprint density at radius 1 is 1.50 bits per heavy atom. The van der Waals surface area contributed by atoms with E-state index in [1.807, 2.05) is 18.5 Å². The van der Waals surface area contributed by atoms with Gasteiger partial charge in [0.05, 0.1) is 6.07 Å². The average molecular weight is 288 g/mol. The van der Waals surface area contributed by atoms with E-state index in [9.17, 15) is 0 Å². The van der Waals surface area contributed by atoms with E-state index in [0.717, 1.165) is 23.1 Å². The number of thioether (sulfide) groups is 1. The third-order valence-electron chi connectivity index (χ3n) is 3.67. The van der Waals surface area contributed by atoms with Gasteiger partial charge in [-0.15, -0.1) is 0 Å². The van der Waals surface area contributed by atoms with Gasteiger partial charge >= 0.3 is 0 Å². The first-order valence-corrected chi connectivity index (χ1v) is 8.26. The summed E-state index contributed by atoms with van der Waals surface area (Å²) in [4.78, 5) is 11.4. The van der Waals surface area contributed by atoms with E-state index in [0.29, 0.717) is 6.04 Å². The van der Waals surface area contributed by atoms with Gasteiger partial charge in [-0.2, -0.15) is 5.26 Å². The zero-order chi connectivity index (χ0) is 14.4. The van der Waals surface area contributed by atoms with Gasteiger partial charge in [-0.05, 0) is 32.1 Å². The highest BCUT2D eigenvalue weighted by molar-refractivity contribution is 7.98. The molecular weight excluding hydrogens is 268 g/mol. The van der Waals surface area contributed by atoms with Gasteiger partial charge in [0.15, 0.2) is 5.16 Å². The van der Waals surface area contributed by atoms with Gasteiger partial charge in [0.2, 0.25) is 0 Å².